The van der Waals surface area contributed by atoms with Crippen LogP contribution in [0, 0.1) is 5.92 Å². The van der Waals surface area contributed by atoms with Gasteiger partial charge in [0, 0.05) is 12.5 Å². The maximum atomic E-state index is 10.7. The Morgan fingerprint density at radius 2 is 2.27 bits per heavy atom. The number of carbonyl (C=O) groups is 1. The number of methoxy groups -OCH3 is 1. The Morgan fingerprint density at radius 3 is 2.55 bits per heavy atom. The SMILES string of the molecule is COC(=O)C[C@@H]1CCC1N.Cl. The summed E-state index contributed by atoms with van der Waals surface area (Å²) in [6.45, 7) is 0. The van der Waals surface area contributed by atoms with Crippen LogP contribution in [0.3, 0.4) is 0 Å². The van der Waals surface area contributed by atoms with E-state index in [0.717, 1.165) is 12.8 Å². The van der Waals surface area contributed by atoms with Crippen LogP contribution in [0.2, 0.25) is 0 Å². The summed E-state index contributed by atoms with van der Waals surface area (Å²) in [7, 11) is 1.41. The molecule has 0 amide bonds. The summed E-state index contributed by atoms with van der Waals surface area (Å²) in [5.74, 6) is 0.243. The van der Waals surface area contributed by atoms with Gasteiger partial charge in [0.15, 0.2) is 0 Å². The van der Waals surface area contributed by atoms with E-state index in [1.165, 1.54) is 7.11 Å². The molecule has 0 heterocycles. The number of nitrogens with two attached hydrogens (primary N) is 1. The van der Waals surface area contributed by atoms with Crippen LogP contribution in [0.15, 0.2) is 0 Å². The van der Waals surface area contributed by atoms with Gasteiger partial charge in [-0.05, 0) is 18.8 Å². The summed E-state index contributed by atoms with van der Waals surface area (Å²) in [5, 5.41) is 0. The lowest BCUT2D eigenvalue weighted by molar-refractivity contribution is -0.142. The number of rotatable bonds is 2. The standard InChI is InChI=1S/C7H13NO2.ClH/c1-10-7(9)4-5-2-3-6(5)8;/h5-6H,2-4,8H2,1H3;1H/t5-,6?;/m0./s1. The summed E-state index contributed by atoms with van der Waals surface area (Å²) < 4.78 is 4.51. The van der Waals surface area contributed by atoms with Crippen molar-refractivity contribution in [2.45, 2.75) is 25.3 Å². The van der Waals surface area contributed by atoms with Crippen molar-refractivity contribution in [1.82, 2.24) is 0 Å². The lowest BCUT2D eigenvalue weighted by atomic mass is 9.78. The number of hydrogen-bond acceptors (Lipinski definition) is 3. The zero-order chi connectivity index (χ0) is 7.56. The molecule has 1 aliphatic carbocycles. The molecule has 0 aromatic rings. The Bertz CT molecular complexity index is 140. The van der Waals surface area contributed by atoms with Crippen LogP contribution in [-0.2, 0) is 9.53 Å². The topological polar surface area (TPSA) is 52.3 Å². The fraction of sp³-hybridized carbons (Fsp3) is 0.857. The molecule has 2 N–H and O–H groups in total. The third-order valence-corrected chi connectivity index (χ3v) is 2.13. The average Bonchev–Trinajstić information content (AvgIpc) is 1.96. The van der Waals surface area contributed by atoms with Crippen molar-refractivity contribution in [3.05, 3.63) is 0 Å². The molecule has 0 radical (unpaired) electrons. The van der Waals surface area contributed by atoms with Crippen molar-refractivity contribution in [3.63, 3.8) is 0 Å². The Labute approximate surface area is 72.7 Å². The summed E-state index contributed by atoms with van der Waals surface area (Å²) in [6.07, 6.45) is 2.63. The van der Waals surface area contributed by atoms with E-state index in [1.54, 1.807) is 0 Å². The first-order valence-corrected chi connectivity index (χ1v) is 3.56. The van der Waals surface area contributed by atoms with Crippen molar-refractivity contribution in [1.29, 1.82) is 0 Å². The third-order valence-electron chi connectivity index (χ3n) is 2.13. The van der Waals surface area contributed by atoms with E-state index in [1.807, 2.05) is 0 Å². The second kappa shape index (κ2) is 4.57. The molecule has 0 aliphatic heterocycles. The molecule has 11 heavy (non-hydrogen) atoms. The third kappa shape index (κ3) is 2.67. The summed E-state index contributed by atoms with van der Waals surface area (Å²) in [5.41, 5.74) is 5.62. The average molecular weight is 180 g/mol. The predicted molar refractivity (Wildman–Crippen MR) is 44.6 cm³/mol. The first-order valence-electron chi connectivity index (χ1n) is 3.56. The van der Waals surface area contributed by atoms with Gasteiger partial charge >= 0.3 is 5.97 Å². The molecule has 0 aromatic heterocycles. The molecule has 1 rings (SSSR count). The van der Waals surface area contributed by atoms with Gasteiger partial charge in [0.2, 0.25) is 0 Å². The highest BCUT2D eigenvalue weighted by atomic mass is 35.5. The minimum atomic E-state index is -0.139. The molecule has 3 nitrogen and oxygen atoms in total. The zero-order valence-electron chi connectivity index (χ0n) is 6.58. The quantitative estimate of drug-likeness (QED) is 0.636. The molecule has 1 fully saturated rings. The normalized spacial score (nSPS) is 28.2. The van der Waals surface area contributed by atoms with Gasteiger partial charge in [0.05, 0.1) is 7.11 Å². The molecule has 1 saturated carbocycles. The van der Waals surface area contributed by atoms with Crippen LogP contribution in [0.4, 0.5) is 0 Å². The van der Waals surface area contributed by atoms with Gasteiger partial charge in [-0.2, -0.15) is 0 Å². The number of halogens is 1. The molecule has 2 atom stereocenters. The van der Waals surface area contributed by atoms with Crippen molar-refractivity contribution in [3.8, 4) is 0 Å². The van der Waals surface area contributed by atoms with Crippen LogP contribution in [0.25, 0.3) is 0 Å². The van der Waals surface area contributed by atoms with Gasteiger partial charge in [-0.15, -0.1) is 12.4 Å². The smallest absolute Gasteiger partial charge is 0.305 e. The Kier molecular flexibility index (Phi) is 4.45. The second-order valence-electron chi connectivity index (χ2n) is 2.78. The highest BCUT2D eigenvalue weighted by molar-refractivity contribution is 5.85. The lowest BCUT2D eigenvalue weighted by Crippen LogP contribution is -2.40. The molecular formula is C7H14ClNO2. The van der Waals surface area contributed by atoms with Crippen LogP contribution in [0.5, 0.6) is 0 Å². The van der Waals surface area contributed by atoms with Crippen LogP contribution >= 0.6 is 12.4 Å². The van der Waals surface area contributed by atoms with Crippen LogP contribution in [-0.4, -0.2) is 19.1 Å². The first kappa shape index (κ1) is 10.7. The van der Waals surface area contributed by atoms with Crippen molar-refractivity contribution >= 4 is 18.4 Å². The predicted octanol–water partition coefficient (Wildman–Crippen LogP) is 0.709. The number of carbonyl (C=O) groups excluding carboxylic acids is 1. The van der Waals surface area contributed by atoms with E-state index in [0.29, 0.717) is 12.3 Å². The van der Waals surface area contributed by atoms with Crippen molar-refractivity contribution < 1.29 is 9.53 Å². The Balaban J connectivity index is 0.000001000. The van der Waals surface area contributed by atoms with E-state index in [4.69, 9.17) is 5.73 Å². The maximum Gasteiger partial charge on any atom is 0.305 e. The molecule has 0 spiro atoms. The van der Waals surface area contributed by atoms with Gasteiger partial charge < -0.3 is 10.5 Å². The zero-order valence-corrected chi connectivity index (χ0v) is 7.39. The van der Waals surface area contributed by atoms with Crippen molar-refractivity contribution in [2.24, 2.45) is 11.7 Å². The van der Waals surface area contributed by atoms with E-state index < -0.39 is 0 Å². The highest BCUT2D eigenvalue weighted by Gasteiger charge is 2.29. The number of ether oxygens (including phenoxy) is 1. The second-order valence-corrected chi connectivity index (χ2v) is 2.78. The molecule has 1 aliphatic rings. The Morgan fingerprint density at radius 1 is 1.64 bits per heavy atom. The van der Waals surface area contributed by atoms with Gasteiger partial charge in [0.1, 0.15) is 0 Å². The minimum Gasteiger partial charge on any atom is -0.469 e. The van der Waals surface area contributed by atoms with Gasteiger partial charge in [-0.3, -0.25) is 4.79 Å². The van der Waals surface area contributed by atoms with E-state index in [2.05, 4.69) is 4.74 Å². The number of esters is 1. The summed E-state index contributed by atoms with van der Waals surface area (Å²) >= 11 is 0. The highest BCUT2D eigenvalue weighted by Crippen LogP contribution is 2.28. The monoisotopic (exact) mass is 179 g/mol. The van der Waals surface area contributed by atoms with Gasteiger partial charge in [0.25, 0.3) is 0 Å². The van der Waals surface area contributed by atoms with Crippen molar-refractivity contribution in [2.75, 3.05) is 7.11 Å². The molecule has 4 heteroatoms. The summed E-state index contributed by atoms with van der Waals surface area (Å²) in [6, 6.07) is 0.235. The molecule has 0 saturated heterocycles. The van der Waals surface area contributed by atoms with Crippen LogP contribution < -0.4 is 5.73 Å². The molecule has 0 bridgehead atoms. The minimum absolute atomic E-state index is 0. The van der Waals surface area contributed by atoms with E-state index in [9.17, 15) is 4.79 Å². The number of hydrogen-bond donors (Lipinski definition) is 1. The molecular weight excluding hydrogens is 166 g/mol. The Hall–Kier alpha value is -0.280. The lowest BCUT2D eigenvalue weighted by Gasteiger charge is -2.32. The van der Waals surface area contributed by atoms with Gasteiger partial charge in [-0.25, -0.2) is 0 Å². The van der Waals surface area contributed by atoms with E-state index in [-0.39, 0.29) is 24.4 Å². The molecule has 0 aromatic carbocycles. The molecule has 1 unspecified atom stereocenters. The fourth-order valence-corrected chi connectivity index (χ4v) is 1.15. The summed E-state index contributed by atoms with van der Waals surface area (Å²) in [4.78, 5) is 10.7. The fourth-order valence-electron chi connectivity index (χ4n) is 1.15. The van der Waals surface area contributed by atoms with Gasteiger partial charge in [-0.1, -0.05) is 0 Å². The largest absolute Gasteiger partial charge is 0.469 e. The first-order chi connectivity index (χ1) is 4.74. The van der Waals surface area contributed by atoms with Crippen LogP contribution in [0.1, 0.15) is 19.3 Å². The molecule has 66 valence electrons. The maximum absolute atomic E-state index is 10.7. The van der Waals surface area contributed by atoms with E-state index >= 15 is 0 Å².